The number of nitrogens with one attached hydrogen (secondary N) is 1. The first-order valence-electron chi connectivity index (χ1n) is 8.06. The zero-order valence-corrected chi connectivity index (χ0v) is 12.6. The number of aliphatic imine (C=N–C) groups is 1. The van der Waals surface area contributed by atoms with Crippen LogP contribution in [0.5, 0.6) is 0 Å². The summed E-state index contributed by atoms with van der Waals surface area (Å²) in [6.45, 7) is 2.62. The molecule has 1 N–H and O–H groups in total. The molecule has 0 aromatic rings. The third-order valence-corrected chi connectivity index (χ3v) is 6.69. The van der Waals surface area contributed by atoms with Crippen LogP contribution >= 0.6 is 11.8 Å². The molecule has 0 radical (unpaired) electrons. The quantitative estimate of drug-likeness (QED) is 0.799. The fourth-order valence-corrected chi connectivity index (χ4v) is 5.67. The molecule has 4 fully saturated rings. The van der Waals surface area contributed by atoms with Gasteiger partial charge in [0.2, 0.25) is 0 Å². The second kappa shape index (κ2) is 4.96. The molecule has 19 heavy (non-hydrogen) atoms. The third kappa shape index (κ3) is 2.42. The SMILES string of the molecule is C1CC2CC(N=C3NC4(CCCC4)CS3)CCN2C1. The Morgan fingerprint density at radius 3 is 2.95 bits per heavy atom. The summed E-state index contributed by atoms with van der Waals surface area (Å²) >= 11 is 1.98. The molecule has 1 spiro atoms. The molecule has 4 rings (SSSR count). The highest BCUT2D eigenvalue weighted by Crippen LogP contribution is 2.38. The number of thioether (sulfide) groups is 1. The summed E-state index contributed by atoms with van der Waals surface area (Å²) in [5, 5.41) is 5.04. The van der Waals surface area contributed by atoms with Gasteiger partial charge in [0.05, 0.1) is 6.04 Å². The van der Waals surface area contributed by atoms with Crippen molar-refractivity contribution in [1.29, 1.82) is 0 Å². The molecule has 2 atom stereocenters. The van der Waals surface area contributed by atoms with Crippen LogP contribution in [0.3, 0.4) is 0 Å². The zero-order valence-electron chi connectivity index (χ0n) is 11.7. The van der Waals surface area contributed by atoms with E-state index >= 15 is 0 Å². The molecular formula is C15H25N3S. The molecule has 4 aliphatic rings. The van der Waals surface area contributed by atoms with Gasteiger partial charge in [0, 0.05) is 23.9 Å². The highest BCUT2D eigenvalue weighted by molar-refractivity contribution is 8.14. The first-order valence-corrected chi connectivity index (χ1v) is 9.04. The van der Waals surface area contributed by atoms with Crippen molar-refractivity contribution in [2.24, 2.45) is 4.99 Å². The molecule has 0 aromatic carbocycles. The normalized spacial score (nSPS) is 39.9. The van der Waals surface area contributed by atoms with Gasteiger partial charge in [-0.05, 0) is 45.1 Å². The van der Waals surface area contributed by atoms with E-state index in [1.807, 2.05) is 11.8 Å². The minimum Gasteiger partial charge on any atom is -0.359 e. The van der Waals surface area contributed by atoms with Gasteiger partial charge >= 0.3 is 0 Å². The number of hydrogen-bond donors (Lipinski definition) is 1. The summed E-state index contributed by atoms with van der Waals surface area (Å²) in [6, 6.07) is 1.43. The molecule has 3 saturated heterocycles. The number of fused-ring (bicyclic) bond motifs is 1. The van der Waals surface area contributed by atoms with Gasteiger partial charge < -0.3 is 10.2 Å². The second-order valence-corrected chi connectivity index (χ2v) is 7.81. The van der Waals surface area contributed by atoms with Crippen molar-refractivity contribution in [3.63, 3.8) is 0 Å². The number of nitrogens with zero attached hydrogens (tertiary/aromatic N) is 2. The molecule has 2 unspecified atom stereocenters. The van der Waals surface area contributed by atoms with Crippen LogP contribution in [0.1, 0.15) is 51.4 Å². The first kappa shape index (κ1) is 12.5. The van der Waals surface area contributed by atoms with Crippen molar-refractivity contribution < 1.29 is 0 Å². The van der Waals surface area contributed by atoms with Crippen LogP contribution in [0.4, 0.5) is 0 Å². The van der Waals surface area contributed by atoms with Crippen LogP contribution in [0.2, 0.25) is 0 Å². The van der Waals surface area contributed by atoms with Gasteiger partial charge in [-0.2, -0.15) is 0 Å². The highest BCUT2D eigenvalue weighted by atomic mass is 32.2. The molecule has 106 valence electrons. The lowest BCUT2D eigenvalue weighted by Crippen LogP contribution is -2.42. The summed E-state index contributed by atoms with van der Waals surface area (Å²) < 4.78 is 0. The van der Waals surface area contributed by atoms with E-state index < -0.39 is 0 Å². The minimum absolute atomic E-state index is 0.428. The average Bonchev–Trinajstić information content (AvgIpc) is 3.12. The lowest BCUT2D eigenvalue weighted by atomic mass is 9.98. The molecule has 0 bridgehead atoms. The number of rotatable bonds is 1. The van der Waals surface area contributed by atoms with E-state index in [1.54, 1.807) is 0 Å². The highest BCUT2D eigenvalue weighted by Gasteiger charge is 2.40. The molecule has 3 nitrogen and oxygen atoms in total. The Morgan fingerprint density at radius 1 is 1.16 bits per heavy atom. The largest absolute Gasteiger partial charge is 0.359 e. The van der Waals surface area contributed by atoms with Crippen molar-refractivity contribution in [1.82, 2.24) is 10.2 Å². The molecule has 3 heterocycles. The maximum Gasteiger partial charge on any atom is 0.157 e. The van der Waals surface area contributed by atoms with Crippen molar-refractivity contribution in [2.75, 3.05) is 18.8 Å². The first-order chi connectivity index (χ1) is 9.33. The fourth-order valence-electron chi connectivity index (χ4n) is 4.38. The molecule has 0 aromatic heterocycles. The van der Waals surface area contributed by atoms with Gasteiger partial charge in [-0.1, -0.05) is 24.6 Å². The predicted octanol–water partition coefficient (Wildman–Crippen LogP) is 2.62. The Kier molecular flexibility index (Phi) is 3.27. The van der Waals surface area contributed by atoms with Gasteiger partial charge in [0.25, 0.3) is 0 Å². The van der Waals surface area contributed by atoms with Crippen molar-refractivity contribution >= 4 is 16.9 Å². The zero-order chi connectivity index (χ0) is 12.7. The molecule has 1 saturated carbocycles. The smallest absolute Gasteiger partial charge is 0.157 e. The van der Waals surface area contributed by atoms with E-state index in [2.05, 4.69) is 10.2 Å². The van der Waals surface area contributed by atoms with Crippen molar-refractivity contribution in [2.45, 2.75) is 69.0 Å². The number of hydrogen-bond acceptors (Lipinski definition) is 3. The summed E-state index contributed by atoms with van der Waals surface area (Å²) in [5.74, 6) is 1.26. The van der Waals surface area contributed by atoms with Crippen LogP contribution in [0.25, 0.3) is 0 Å². The van der Waals surface area contributed by atoms with Crippen molar-refractivity contribution in [3.05, 3.63) is 0 Å². The monoisotopic (exact) mass is 279 g/mol. The maximum atomic E-state index is 5.06. The van der Waals surface area contributed by atoms with Gasteiger partial charge in [0.1, 0.15) is 0 Å². The van der Waals surface area contributed by atoms with Crippen LogP contribution in [0.15, 0.2) is 4.99 Å². The molecule has 1 aliphatic carbocycles. The lowest BCUT2D eigenvalue weighted by molar-refractivity contribution is 0.183. The van der Waals surface area contributed by atoms with E-state index in [1.165, 1.54) is 75.4 Å². The Morgan fingerprint density at radius 2 is 2.05 bits per heavy atom. The summed E-state index contributed by atoms with van der Waals surface area (Å²) in [4.78, 5) is 7.74. The Balaban J connectivity index is 1.39. The summed E-state index contributed by atoms with van der Waals surface area (Å²) in [5.41, 5.74) is 0.428. The van der Waals surface area contributed by atoms with E-state index in [9.17, 15) is 0 Å². The van der Waals surface area contributed by atoms with Crippen LogP contribution < -0.4 is 5.32 Å². The Labute approximate surface area is 120 Å². The number of amidine groups is 1. The van der Waals surface area contributed by atoms with Crippen LogP contribution in [0, 0.1) is 0 Å². The molecule has 0 amide bonds. The minimum atomic E-state index is 0.428. The van der Waals surface area contributed by atoms with Gasteiger partial charge in [-0.25, -0.2) is 0 Å². The maximum absolute atomic E-state index is 5.06. The fraction of sp³-hybridized carbons (Fsp3) is 0.933. The Bertz CT molecular complexity index is 376. The third-order valence-electron chi connectivity index (χ3n) is 5.51. The average molecular weight is 279 g/mol. The van der Waals surface area contributed by atoms with E-state index in [0.29, 0.717) is 11.6 Å². The second-order valence-electron chi connectivity index (χ2n) is 6.85. The lowest BCUT2D eigenvalue weighted by Gasteiger charge is -2.33. The summed E-state index contributed by atoms with van der Waals surface area (Å²) in [6.07, 6.45) is 10.9. The topological polar surface area (TPSA) is 27.6 Å². The van der Waals surface area contributed by atoms with Gasteiger partial charge in [-0.3, -0.25) is 4.99 Å². The van der Waals surface area contributed by atoms with E-state index in [-0.39, 0.29) is 0 Å². The summed E-state index contributed by atoms with van der Waals surface area (Å²) in [7, 11) is 0. The molecule has 3 aliphatic heterocycles. The van der Waals surface area contributed by atoms with Gasteiger partial charge in [0.15, 0.2) is 5.17 Å². The van der Waals surface area contributed by atoms with Crippen LogP contribution in [-0.4, -0.2) is 46.5 Å². The van der Waals surface area contributed by atoms with Crippen LogP contribution in [-0.2, 0) is 0 Å². The van der Waals surface area contributed by atoms with Gasteiger partial charge in [-0.15, -0.1) is 0 Å². The van der Waals surface area contributed by atoms with E-state index in [0.717, 1.165) is 6.04 Å². The molecule has 4 heteroatoms. The molecular weight excluding hydrogens is 254 g/mol. The predicted molar refractivity (Wildman–Crippen MR) is 81.8 cm³/mol. The van der Waals surface area contributed by atoms with Crippen molar-refractivity contribution in [3.8, 4) is 0 Å². The standard InChI is InChI=1S/C15H25N3S/c1-2-7-15(6-1)11-19-14(17-15)16-12-5-9-18-8-3-4-13(18)10-12/h12-13H,1-11H2,(H,16,17). The Hall–Kier alpha value is -0.220. The van der Waals surface area contributed by atoms with E-state index in [4.69, 9.17) is 4.99 Å². The number of piperidine rings is 1.